The zero-order valence-electron chi connectivity index (χ0n) is 12.8. The highest BCUT2D eigenvalue weighted by Crippen LogP contribution is 2.26. The van der Waals surface area contributed by atoms with Gasteiger partial charge in [0.05, 0.1) is 31.1 Å². The summed E-state index contributed by atoms with van der Waals surface area (Å²) in [5, 5.41) is 10.9. The minimum atomic E-state index is -0.171. The van der Waals surface area contributed by atoms with Gasteiger partial charge in [0, 0.05) is 19.0 Å². The number of aromatic nitrogens is 3. The molecule has 7 nitrogen and oxygen atoms in total. The van der Waals surface area contributed by atoms with Gasteiger partial charge in [-0.3, -0.25) is 9.89 Å². The van der Waals surface area contributed by atoms with Crippen molar-refractivity contribution in [3.8, 4) is 0 Å². The van der Waals surface area contributed by atoms with Gasteiger partial charge in [-0.2, -0.15) is 5.10 Å². The van der Waals surface area contributed by atoms with Crippen molar-refractivity contribution in [1.29, 1.82) is 0 Å². The summed E-state index contributed by atoms with van der Waals surface area (Å²) in [5.74, 6) is 0.613. The van der Waals surface area contributed by atoms with Crippen LogP contribution < -0.4 is 0 Å². The number of aryl methyl sites for hydroxylation is 2. The van der Waals surface area contributed by atoms with E-state index in [4.69, 9.17) is 9.26 Å². The van der Waals surface area contributed by atoms with E-state index in [0.29, 0.717) is 25.5 Å². The fourth-order valence-electron chi connectivity index (χ4n) is 2.70. The third-order valence-corrected chi connectivity index (χ3v) is 3.87. The van der Waals surface area contributed by atoms with E-state index in [1.165, 1.54) is 0 Å². The van der Waals surface area contributed by atoms with Crippen LogP contribution in [0.5, 0.6) is 0 Å². The monoisotopic (exact) mass is 304 g/mol. The van der Waals surface area contributed by atoms with Crippen LogP contribution in [0.3, 0.4) is 0 Å². The van der Waals surface area contributed by atoms with Crippen LogP contribution in [-0.2, 0) is 11.2 Å². The van der Waals surface area contributed by atoms with Crippen molar-refractivity contribution in [1.82, 2.24) is 20.3 Å². The van der Waals surface area contributed by atoms with Crippen LogP contribution in [0, 0.1) is 6.92 Å². The Morgan fingerprint density at radius 1 is 1.55 bits per heavy atom. The van der Waals surface area contributed by atoms with Crippen LogP contribution >= 0.6 is 0 Å². The van der Waals surface area contributed by atoms with Crippen molar-refractivity contribution >= 4 is 5.91 Å². The molecule has 1 amide bonds. The molecule has 1 atom stereocenters. The standard InChI is InChI=1S/C15H20N4O3/c1-3-4-11-7-12(18-22-11)15(20)19-5-6-21-9-13(19)14-10(2)8-16-17-14/h7-8,13H,3-6,9H2,1-2H3,(H,16,17). The number of nitrogens with zero attached hydrogens (tertiary/aromatic N) is 3. The van der Waals surface area contributed by atoms with Crippen molar-refractivity contribution in [3.05, 3.63) is 35.0 Å². The maximum Gasteiger partial charge on any atom is 0.276 e. The molecule has 1 aliphatic heterocycles. The van der Waals surface area contributed by atoms with Gasteiger partial charge in [0.25, 0.3) is 5.91 Å². The van der Waals surface area contributed by atoms with E-state index in [-0.39, 0.29) is 11.9 Å². The molecule has 7 heteroatoms. The topological polar surface area (TPSA) is 84.2 Å². The number of carbonyl (C=O) groups excluding carboxylic acids is 1. The van der Waals surface area contributed by atoms with Crippen LogP contribution in [0.2, 0.25) is 0 Å². The Kier molecular flexibility index (Phi) is 4.24. The molecule has 22 heavy (non-hydrogen) atoms. The number of carbonyl (C=O) groups is 1. The third-order valence-electron chi connectivity index (χ3n) is 3.87. The number of morpholine rings is 1. The first-order valence-corrected chi connectivity index (χ1v) is 7.55. The van der Waals surface area contributed by atoms with E-state index in [0.717, 1.165) is 29.9 Å². The fourth-order valence-corrected chi connectivity index (χ4v) is 2.70. The number of hydrogen-bond donors (Lipinski definition) is 1. The van der Waals surface area contributed by atoms with E-state index in [1.807, 2.05) is 6.92 Å². The normalized spacial score (nSPS) is 18.6. The molecule has 0 radical (unpaired) electrons. The molecule has 2 aromatic heterocycles. The number of nitrogens with one attached hydrogen (secondary N) is 1. The summed E-state index contributed by atoms with van der Waals surface area (Å²) < 4.78 is 10.8. The lowest BCUT2D eigenvalue weighted by molar-refractivity contribution is -0.00457. The largest absolute Gasteiger partial charge is 0.377 e. The second kappa shape index (κ2) is 6.31. The molecular weight excluding hydrogens is 284 g/mol. The van der Waals surface area contributed by atoms with Gasteiger partial charge in [-0.1, -0.05) is 12.1 Å². The van der Waals surface area contributed by atoms with Gasteiger partial charge < -0.3 is 14.2 Å². The molecule has 0 aliphatic carbocycles. The highest BCUT2D eigenvalue weighted by molar-refractivity contribution is 5.92. The molecule has 1 N–H and O–H groups in total. The summed E-state index contributed by atoms with van der Waals surface area (Å²) >= 11 is 0. The zero-order chi connectivity index (χ0) is 15.5. The van der Waals surface area contributed by atoms with Crippen molar-refractivity contribution in [2.75, 3.05) is 19.8 Å². The average molecular weight is 304 g/mol. The molecule has 3 rings (SSSR count). The summed E-state index contributed by atoms with van der Waals surface area (Å²) in [4.78, 5) is 14.5. The van der Waals surface area contributed by atoms with Gasteiger partial charge >= 0.3 is 0 Å². The van der Waals surface area contributed by atoms with E-state index in [1.54, 1.807) is 17.2 Å². The van der Waals surface area contributed by atoms with Crippen LogP contribution in [0.1, 0.15) is 46.9 Å². The summed E-state index contributed by atoms with van der Waals surface area (Å²) in [7, 11) is 0. The molecule has 2 aromatic rings. The van der Waals surface area contributed by atoms with E-state index >= 15 is 0 Å². The quantitative estimate of drug-likeness (QED) is 0.932. The molecular formula is C15H20N4O3. The first kappa shape index (κ1) is 14.8. The molecule has 1 saturated heterocycles. The Hall–Kier alpha value is -2.15. The summed E-state index contributed by atoms with van der Waals surface area (Å²) in [6.45, 7) is 5.52. The van der Waals surface area contributed by atoms with E-state index < -0.39 is 0 Å². The minimum absolute atomic E-state index is 0.131. The second-order valence-corrected chi connectivity index (χ2v) is 5.48. The first-order valence-electron chi connectivity index (χ1n) is 7.55. The number of aromatic amines is 1. The van der Waals surface area contributed by atoms with Crippen LogP contribution in [0.4, 0.5) is 0 Å². The van der Waals surface area contributed by atoms with Gasteiger partial charge in [0.15, 0.2) is 5.69 Å². The third kappa shape index (κ3) is 2.76. The molecule has 0 bridgehead atoms. The molecule has 1 aliphatic rings. The van der Waals surface area contributed by atoms with Crippen molar-refractivity contribution < 1.29 is 14.1 Å². The maximum atomic E-state index is 12.7. The Labute approximate surface area is 128 Å². The van der Waals surface area contributed by atoms with Crippen LogP contribution in [-0.4, -0.2) is 45.9 Å². The zero-order valence-corrected chi connectivity index (χ0v) is 12.8. The Bertz CT molecular complexity index is 649. The van der Waals surface area contributed by atoms with Gasteiger partial charge in [-0.05, 0) is 18.9 Å². The Morgan fingerprint density at radius 2 is 2.41 bits per heavy atom. The molecule has 3 heterocycles. The summed E-state index contributed by atoms with van der Waals surface area (Å²) in [5.41, 5.74) is 2.28. The van der Waals surface area contributed by atoms with Gasteiger partial charge in [0.1, 0.15) is 5.76 Å². The first-order chi connectivity index (χ1) is 10.7. The van der Waals surface area contributed by atoms with Crippen LogP contribution in [0.25, 0.3) is 0 Å². The van der Waals surface area contributed by atoms with Crippen molar-refractivity contribution in [2.45, 2.75) is 32.7 Å². The molecule has 0 aromatic carbocycles. The summed E-state index contributed by atoms with van der Waals surface area (Å²) in [6, 6.07) is 1.56. The fraction of sp³-hybridized carbons (Fsp3) is 0.533. The van der Waals surface area contributed by atoms with Gasteiger partial charge in [0.2, 0.25) is 0 Å². The number of amides is 1. The van der Waals surface area contributed by atoms with Gasteiger partial charge in [-0.15, -0.1) is 0 Å². The highest BCUT2D eigenvalue weighted by Gasteiger charge is 2.32. The average Bonchev–Trinajstić information content (AvgIpc) is 3.16. The van der Waals surface area contributed by atoms with E-state index in [2.05, 4.69) is 22.3 Å². The van der Waals surface area contributed by atoms with Crippen LogP contribution in [0.15, 0.2) is 16.8 Å². The van der Waals surface area contributed by atoms with Gasteiger partial charge in [-0.25, -0.2) is 0 Å². The second-order valence-electron chi connectivity index (χ2n) is 5.48. The molecule has 1 unspecified atom stereocenters. The number of hydrogen-bond acceptors (Lipinski definition) is 5. The lowest BCUT2D eigenvalue weighted by Gasteiger charge is -2.34. The Balaban J connectivity index is 1.83. The number of rotatable bonds is 4. The maximum absolute atomic E-state index is 12.7. The molecule has 1 fully saturated rings. The number of ether oxygens (including phenoxy) is 1. The SMILES string of the molecule is CCCc1cc(C(=O)N2CCOCC2c2[nH]ncc2C)no1. The Morgan fingerprint density at radius 3 is 3.14 bits per heavy atom. The van der Waals surface area contributed by atoms with Crippen molar-refractivity contribution in [3.63, 3.8) is 0 Å². The summed E-state index contributed by atoms with van der Waals surface area (Å²) in [6.07, 6.45) is 3.49. The lowest BCUT2D eigenvalue weighted by Crippen LogP contribution is -2.44. The molecule has 0 saturated carbocycles. The molecule has 118 valence electrons. The molecule has 0 spiro atoms. The number of H-pyrrole nitrogens is 1. The highest BCUT2D eigenvalue weighted by atomic mass is 16.5. The van der Waals surface area contributed by atoms with Crippen molar-refractivity contribution in [2.24, 2.45) is 0 Å². The smallest absolute Gasteiger partial charge is 0.276 e. The van der Waals surface area contributed by atoms with E-state index in [9.17, 15) is 4.79 Å². The predicted molar refractivity (Wildman–Crippen MR) is 78.4 cm³/mol. The predicted octanol–water partition coefficient (Wildman–Crippen LogP) is 1.87. The lowest BCUT2D eigenvalue weighted by atomic mass is 10.1. The minimum Gasteiger partial charge on any atom is -0.377 e.